The largest absolute Gasteiger partial charge is 0.440 e. The SMILES string of the molecule is O=C(CCN1CCN(c2ccc([N+](=O)[O-])cc2)CC1)Nc1ccc2oc(Cc3ccc(Cl)cc3)nc2c1. The Kier molecular flexibility index (Phi) is 7.34. The van der Waals surface area contributed by atoms with Crippen LogP contribution in [0.2, 0.25) is 5.02 Å². The molecule has 1 aromatic heterocycles. The number of anilines is 2. The molecular formula is C27H26ClN5O4. The molecule has 1 aliphatic rings. The van der Waals surface area contributed by atoms with Crippen molar-refractivity contribution in [1.82, 2.24) is 9.88 Å². The van der Waals surface area contributed by atoms with Crippen LogP contribution < -0.4 is 10.2 Å². The van der Waals surface area contributed by atoms with Gasteiger partial charge in [-0.15, -0.1) is 0 Å². The van der Waals surface area contributed by atoms with E-state index in [-0.39, 0.29) is 11.6 Å². The zero-order valence-corrected chi connectivity index (χ0v) is 20.9. The number of carbonyl (C=O) groups excluding carboxylic acids is 1. The molecule has 1 amide bonds. The number of nitro benzene ring substituents is 1. The van der Waals surface area contributed by atoms with Crippen LogP contribution in [0.15, 0.2) is 71.1 Å². The molecule has 0 spiro atoms. The molecule has 5 rings (SSSR count). The first-order valence-electron chi connectivity index (χ1n) is 12.1. The monoisotopic (exact) mass is 519 g/mol. The molecule has 4 aromatic rings. The van der Waals surface area contributed by atoms with Crippen molar-refractivity contribution in [2.45, 2.75) is 12.8 Å². The first-order chi connectivity index (χ1) is 17.9. The standard InChI is InChI=1S/C27H26ClN5O4/c28-20-3-1-19(2-4-20)17-27-30-24-18-21(5-10-25(24)37-27)29-26(34)11-12-31-13-15-32(16-14-31)22-6-8-23(9-7-22)33(35)36/h1-10,18H,11-17H2,(H,29,34). The van der Waals surface area contributed by atoms with E-state index in [9.17, 15) is 14.9 Å². The molecule has 1 aliphatic heterocycles. The first-order valence-corrected chi connectivity index (χ1v) is 12.5. The lowest BCUT2D eigenvalue weighted by molar-refractivity contribution is -0.384. The maximum absolute atomic E-state index is 12.6. The number of hydrogen-bond acceptors (Lipinski definition) is 7. The second-order valence-corrected chi connectivity index (χ2v) is 9.43. The van der Waals surface area contributed by atoms with Crippen LogP contribution in [0.3, 0.4) is 0 Å². The van der Waals surface area contributed by atoms with Gasteiger partial charge in [0, 0.05) is 74.1 Å². The Morgan fingerprint density at radius 1 is 1.03 bits per heavy atom. The molecule has 0 aliphatic carbocycles. The number of aromatic nitrogens is 1. The molecule has 1 fully saturated rings. The fourth-order valence-corrected chi connectivity index (χ4v) is 4.53. The molecule has 10 heteroatoms. The number of nitro groups is 1. The first kappa shape index (κ1) is 24.7. The number of piperazine rings is 1. The minimum Gasteiger partial charge on any atom is -0.440 e. The van der Waals surface area contributed by atoms with Gasteiger partial charge in [-0.05, 0) is 48.0 Å². The number of non-ortho nitro benzene ring substituents is 1. The van der Waals surface area contributed by atoms with Crippen molar-refractivity contribution in [3.05, 3.63) is 93.3 Å². The highest BCUT2D eigenvalue weighted by atomic mass is 35.5. The number of benzene rings is 3. The topological polar surface area (TPSA) is 105 Å². The Morgan fingerprint density at radius 2 is 1.76 bits per heavy atom. The Balaban J connectivity index is 1.09. The van der Waals surface area contributed by atoms with Crippen LogP contribution in [0.1, 0.15) is 17.9 Å². The summed E-state index contributed by atoms with van der Waals surface area (Å²) in [6, 6.07) is 19.7. The minimum atomic E-state index is -0.392. The molecule has 2 heterocycles. The van der Waals surface area contributed by atoms with E-state index in [4.69, 9.17) is 16.0 Å². The minimum absolute atomic E-state index is 0.0537. The van der Waals surface area contributed by atoms with Gasteiger partial charge in [0.1, 0.15) is 5.52 Å². The number of nitrogens with one attached hydrogen (secondary N) is 1. The maximum atomic E-state index is 12.6. The fourth-order valence-electron chi connectivity index (χ4n) is 4.40. The lowest BCUT2D eigenvalue weighted by atomic mass is 10.1. The summed E-state index contributed by atoms with van der Waals surface area (Å²) in [6.45, 7) is 3.93. The summed E-state index contributed by atoms with van der Waals surface area (Å²) >= 11 is 5.95. The molecule has 1 saturated heterocycles. The lowest BCUT2D eigenvalue weighted by Gasteiger charge is -2.36. The number of rotatable bonds is 8. The predicted molar refractivity (Wildman–Crippen MR) is 143 cm³/mol. The summed E-state index contributed by atoms with van der Waals surface area (Å²) in [4.78, 5) is 32.1. The van der Waals surface area contributed by atoms with Gasteiger partial charge in [-0.3, -0.25) is 19.8 Å². The van der Waals surface area contributed by atoms with Crippen molar-refractivity contribution in [2.24, 2.45) is 0 Å². The summed E-state index contributed by atoms with van der Waals surface area (Å²) in [5, 5.41) is 14.5. The number of fused-ring (bicyclic) bond motifs is 1. The molecule has 190 valence electrons. The van der Waals surface area contributed by atoms with Gasteiger partial charge in [0.2, 0.25) is 5.91 Å². The van der Waals surface area contributed by atoms with Crippen LogP contribution >= 0.6 is 11.6 Å². The van der Waals surface area contributed by atoms with Crippen molar-refractivity contribution in [2.75, 3.05) is 42.9 Å². The third-order valence-corrected chi connectivity index (χ3v) is 6.69. The van der Waals surface area contributed by atoms with Gasteiger partial charge in [0.15, 0.2) is 11.5 Å². The number of amides is 1. The Labute approximate surface area is 218 Å². The van der Waals surface area contributed by atoms with Crippen molar-refractivity contribution < 1.29 is 14.1 Å². The van der Waals surface area contributed by atoms with Crippen LogP contribution in [0.4, 0.5) is 17.1 Å². The Morgan fingerprint density at radius 3 is 2.46 bits per heavy atom. The normalized spacial score (nSPS) is 14.1. The molecule has 0 unspecified atom stereocenters. The zero-order chi connectivity index (χ0) is 25.8. The van der Waals surface area contributed by atoms with Crippen LogP contribution in [-0.2, 0) is 11.2 Å². The summed E-state index contributed by atoms with van der Waals surface area (Å²) in [6.07, 6.45) is 0.946. The quantitative estimate of drug-likeness (QED) is 0.254. The van der Waals surface area contributed by atoms with Crippen molar-refractivity contribution >= 4 is 45.7 Å². The van der Waals surface area contributed by atoms with Crippen molar-refractivity contribution in [1.29, 1.82) is 0 Å². The number of halogens is 1. The van der Waals surface area contributed by atoms with Crippen LogP contribution in [-0.4, -0.2) is 53.4 Å². The molecule has 37 heavy (non-hydrogen) atoms. The second-order valence-electron chi connectivity index (χ2n) is 8.99. The second kappa shape index (κ2) is 11.0. The van der Waals surface area contributed by atoms with Crippen LogP contribution in [0, 0.1) is 10.1 Å². The highest BCUT2D eigenvalue weighted by molar-refractivity contribution is 6.30. The zero-order valence-electron chi connectivity index (χ0n) is 20.1. The van der Waals surface area contributed by atoms with E-state index < -0.39 is 4.92 Å². The summed E-state index contributed by atoms with van der Waals surface area (Å²) in [7, 11) is 0. The van der Waals surface area contributed by atoms with E-state index in [0.717, 1.165) is 37.4 Å². The third-order valence-electron chi connectivity index (χ3n) is 6.44. The van der Waals surface area contributed by atoms with Gasteiger partial charge in [-0.2, -0.15) is 0 Å². The van der Waals surface area contributed by atoms with Crippen LogP contribution in [0.25, 0.3) is 11.1 Å². The van der Waals surface area contributed by atoms with E-state index in [1.807, 2.05) is 42.5 Å². The molecule has 1 N–H and O–H groups in total. The number of carbonyl (C=O) groups is 1. The maximum Gasteiger partial charge on any atom is 0.269 e. The van der Waals surface area contributed by atoms with Gasteiger partial charge in [-0.1, -0.05) is 23.7 Å². The number of hydrogen-bond donors (Lipinski definition) is 1. The Bertz CT molecular complexity index is 1400. The molecule has 0 atom stereocenters. The average Bonchev–Trinajstić information content (AvgIpc) is 3.31. The molecular weight excluding hydrogens is 494 g/mol. The number of oxazole rings is 1. The molecule has 9 nitrogen and oxygen atoms in total. The average molecular weight is 520 g/mol. The smallest absolute Gasteiger partial charge is 0.269 e. The molecule has 0 saturated carbocycles. The number of nitrogens with zero attached hydrogens (tertiary/aromatic N) is 4. The lowest BCUT2D eigenvalue weighted by Crippen LogP contribution is -2.47. The molecule has 3 aromatic carbocycles. The summed E-state index contributed by atoms with van der Waals surface area (Å²) in [5.74, 6) is 0.552. The van der Waals surface area contributed by atoms with Gasteiger partial charge < -0.3 is 14.6 Å². The van der Waals surface area contributed by atoms with Crippen LogP contribution in [0.5, 0.6) is 0 Å². The Hall–Kier alpha value is -3.95. The van der Waals surface area contributed by atoms with Gasteiger partial charge in [0.25, 0.3) is 5.69 Å². The van der Waals surface area contributed by atoms with E-state index in [1.165, 1.54) is 12.1 Å². The summed E-state index contributed by atoms with van der Waals surface area (Å²) < 4.78 is 5.85. The van der Waals surface area contributed by atoms with Gasteiger partial charge >= 0.3 is 0 Å². The van der Waals surface area contributed by atoms with Gasteiger partial charge in [-0.25, -0.2) is 4.98 Å². The predicted octanol–water partition coefficient (Wildman–Crippen LogP) is 5.13. The van der Waals surface area contributed by atoms with E-state index >= 15 is 0 Å². The van der Waals surface area contributed by atoms with E-state index in [2.05, 4.69) is 20.1 Å². The third kappa shape index (κ3) is 6.25. The van der Waals surface area contributed by atoms with Crippen molar-refractivity contribution in [3.63, 3.8) is 0 Å². The van der Waals surface area contributed by atoms with E-state index in [0.29, 0.717) is 47.1 Å². The highest BCUT2D eigenvalue weighted by Crippen LogP contribution is 2.23. The van der Waals surface area contributed by atoms with Crippen molar-refractivity contribution in [3.8, 4) is 0 Å². The molecule has 0 radical (unpaired) electrons. The highest BCUT2D eigenvalue weighted by Gasteiger charge is 2.19. The van der Waals surface area contributed by atoms with E-state index in [1.54, 1.807) is 12.1 Å². The molecule has 0 bridgehead atoms. The fraction of sp³-hybridized carbons (Fsp3) is 0.259. The summed E-state index contributed by atoms with van der Waals surface area (Å²) in [5.41, 5.74) is 4.18. The van der Waals surface area contributed by atoms with Gasteiger partial charge in [0.05, 0.1) is 4.92 Å².